The van der Waals surface area contributed by atoms with Crippen molar-refractivity contribution >= 4 is 12.1 Å². The molecule has 12 heavy (non-hydrogen) atoms. The fraction of sp³-hybridized carbons (Fsp3) is 0.714. The van der Waals surface area contributed by atoms with Crippen LogP contribution in [0.3, 0.4) is 0 Å². The number of alkyl halides is 1. The zero-order chi connectivity index (χ0) is 9.56. The lowest BCUT2D eigenvalue weighted by molar-refractivity contribution is -0.125. The largest absolute Gasteiger partial charge is 0.411 e. The number of hydrogen-bond acceptors (Lipinski definition) is 3. The lowest BCUT2D eigenvalue weighted by Gasteiger charge is -2.14. The number of carbonyl (C=O) groups is 1. The average Bonchev–Trinajstić information content (AvgIpc) is 2.06. The summed E-state index contributed by atoms with van der Waals surface area (Å²) in [4.78, 5) is 11.0. The molecule has 0 aromatic carbocycles. The Hall–Kier alpha value is -1.13. The van der Waals surface area contributed by atoms with Crippen LogP contribution in [0.2, 0.25) is 0 Å². The second kappa shape index (κ2) is 5.51. The number of nitrogens with one attached hydrogen (secondary N) is 1. The van der Waals surface area contributed by atoms with E-state index in [9.17, 15) is 9.18 Å². The van der Waals surface area contributed by atoms with E-state index < -0.39 is 18.5 Å². The van der Waals surface area contributed by atoms with Crippen molar-refractivity contribution in [1.82, 2.24) is 5.32 Å². The highest BCUT2D eigenvalue weighted by Crippen LogP contribution is 2.10. The van der Waals surface area contributed by atoms with Crippen LogP contribution >= 0.6 is 0 Å². The first-order valence-electron chi connectivity index (χ1n) is 3.62. The van der Waals surface area contributed by atoms with Crippen molar-refractivity contribution in [2.24, 2.45) is 17.0 Å². The molecule has 2 atom stereocenters. The predicted molar refractivity (Wildman–Crippen MR) is 43.0 cm³/mol. The molecule has 0 rings (SSSR count). The highest BCUT2D eigenvalue weighted by atomic mass is 19.1. The summed E-state index contributed by atoms with van der Waals surface area (Å²) in [7, 11) is 1.44. The molecule has 0 fully saturated rings. The molecule has 0 aliphatic heterocycles. The van der Waals surface area contributed by atoms with Crippen LogP contribution in [0, 0.1) is 11.8 Å². The maximum absolute atomic E-state index is 12.3. The van der Waals surface area contributed by atoms with Crippen LogP contribution in [0.4, 0.5) is 4.39 Å². The molecule has 70 valence electrons. The summed E-state index contributed by atoms with van der Waals surface area (Å²) < 4.78 is 12.3. The zero-order valence-corrected chi connectivity index (χ0v) is 7.12. The van der Waals surface area contributed by atoms with Gasteiger partial charge in [-0.05, 0) is 0 Å². The molecule has 0 spiro atoms. The third-order valence-electron chi connectivity index (χ3n) is 1.69. The average molecular weight is 176 g/mol. The maximum Gasteiger partial charge on any atom is 0.226 e. The van der Waals surface area contributed by atoms with Crippen molar-refractivity contribution in [3.8, 4) is 0 Å². The Bertz CT molecular complexity index is 173. The summed E-state index contributed by atoms with van der Waals surface area (Å²) in [5, 5.41) is 13.2. The molecule has 2 unspecified atom stereocenters. The van der Waals surface area contributed by atoms with Crippen LogP contribution in [0.1, 0.15) is 6.92 Å². The normalized spacial score (nSPS) is 15.9. The second-order valence-corrected chi connectivity index (χ2v) is 2.50. The van der Waals surface area contributed by atoms with Crippen LogP contribution in [0.5, 0.6) is 0 Å². The number of oxime groups is 1. The molecule has 0 aromatic heterocycles. The molecular weight excluding hydrogens is 163 g/mol. The Morgan fingerprint density at radius 2 is 2.42 bits per heavy atom. The molecule has 0 saturated carbocycles. The van der Waals surface area contributed by atoms with Crippen molar-refractivity contribution < 1.29 is 14.4 Å². The second-order valence-electron chi connectivity index (χ2n) is 2.50. The van der Waals surface area contributed by atoms with Gasteiger partial charge in [0.25, 0.3) is 0 Å². The maximum atomic E-state index is 12.3. The minimum atomic E-state index is -0.772. The zero-order valence-electron chi connectivity index (χ0n) is 7.12. The molecule has 0 bridgehead atoms. The topological polar surface area (TPSA) is 61.7 Å². The van der Waals surface area contributed by atoms with Gasteiger partial charge in [0.15, 0.2) is 0 Å². The molecule has 0 heterocycles. The molecular formula is C7H13FN2O2. The molecule has 0 radical (unpaired) electrons. The third kappa shape index (κ3) is 2.86. The van der Waals surface area contributed by atoms with Crippen LogP contribution in [-0.4, -0.2) is 31.1 Å². The van der Waals surface area contributed by atoms with Gasteiger partial charge in [0.2, 0.25) is 5.91 Å². The molecule has 0 saturated heterocycles. The summed E-state index contributed by atoms with van der Waals surface area (Å²) in [6, 6.07) is 0. The van der Waals surface area contributed by atoms with E-state index in [1.165, 1.54) is 7.05 Å². The fourth-order valence-electron chi connectivity index (χ4n) is 0.844. The number of nitrogens with zero attached hydrogens (tertiary/aromatic N) is 1. The fourth-order valence-corrected chi connectivity index (χ4v) is 0.844. The van der Waals surface area contributed by atoms with Gasteiger partial charge >= 0.3 is 0 Å². The number of amides is 1. The lowest BCUT2D eigenvalue weighted by Crippen LogP contribution is -2.33. The Morgan fingerprint density at radius 3 is 2.75 bits per heavy atom. The molecule has 1 amide bonds. The summed E-state index contributed by atoms with van der Waals surface area (Å²) in [5.74, 6) is -1.56. The van der Waals surface area contributed by atoms with Gasteiger partial charge in [0, 0.05) is 19.2 Å². The van der Waals surface area contributed by atoms with Gasteiger partial charge < -0.3 is 10.5 Å². The van der Waals surface area contributed by atoms with E-state index >= 15 is 0 Å². The molecule has 0 aliphatic carbocycles. The summed E-state index contributed by atoms with van der Waals surface area (Å²) >= 11 is 0. The van der Waals surface area contributed by atoms with Crippen LogP contribution in [-0.2, 0) is 4.79 Å². The predicted octanol–water partition coefficient (Wildman–Crippen LogP) is 0.414. The number of carbonyl (C=O) groups excluding carboxylic acids is 1. The van der Waals surface area contributed by atoms with Crippen molar-refractivity contribution in [3.63, 3.8) is 0 Å². The summed E-state index contributed by atoms with van der Waals surface area (Å²) in [5.41, 5.74) is 0. The van der Waals surface area contributed by atoms with Crippen LogP contribution < -0.4 is 5.32 Å². The Kier molecular flexibility index (Phi) is 4.99. The Morgan fingerprint density at radius 1 is 1.83 bits per heavy atom. The van der Waals surface area contributed by atoms with Gasteiger partial charge in [-0.15, -0.1) is 5.16 Å². The minimum Gasteiger partial charge on any atom is -0.411 e. The molecule has 0 aromatic rings. The van der Waals surface area contributed by atoms with Crippen molar-refractivity contribution in [2.45, 2.75) is 6.92 Å². The van der Waals surface area contributed by atoms with E-state index in [4.69, 9.17) is 5.21 Å². The van der Waals surface area contributed by atoms with E-state index in [2.05, 4.69) is 10.5 Å². The first-order chi connectivity index (χ1) is 5.67. The monoisotopic (exact) mass is 176 g/mol. The molecule has 2 N–H and O–H groups in total. The van der Waals surface area contributed by atoms with Gasteiger partial charge in [0.05, 0.1) is 5.92 Å². The van der Waals surface area contributed by atoms with Gasteiger partial charge in [-0.3, -0.25) is 9.18 Å². The van der Waals surface area contributed by atoms with Gasteiger partial charge in [0.1, 0.15) is 6.67 Å². The van der Waals surface area contributed by atoms with Crippen LogP contribution in [0.15, 0.2) is 5.16 Å². The quantitative estimate of drug-likeness (QED) is 0.370. The summed E-state index contributed by atoms with van der Waals surface area (Å²) in [6.07, 6.45) is 1.14. The number of rotatable bonds is 4. The van der Waals surface area contributed by atoms with E-state index in [0.717, 1.165) is 6.21 Å². The third-order valence-corrected chi connectivity index (χ3v) is 1.69. The Balaban J connectivity index is 4.23. The molecule has 5 heteroatoms. The van der Waals surface area contributed by atoms with Gasteiger partial charge in [-0.25, -0.2) is 0 Å². The van der Waals surface area contributed by atoms with Crippen molar-refractivity contribution in [3.05, 3.63) is 0 Å². The highest BCUT2D eigenvalue weighted by Gasteiger charge is 2.22. The van der Waals surface area contributed by atoms with Gasteiger partial charge in [-0.2, -0.15) is 0 Å². The molecule has 0 aliphatic rings. The standard InChI is InChI=1S/C7H13FN2O2/c1-5(4-10-12)6(3-8)7(11)9-2/h4-6,12H,3H2,1-2H3,(H,9,11). The van der Waals surface area contributed by atoms with Gasteiger partial charge in [-0.1, -0.05) is 6.92 Å². The van der Waals surface area contributed by atoms with Crippen molar-refractivity contribution in [1.29, 1.82) is 0 Å². The van der Waals surface area contributed by atoms with E-state index in [-0.39, 0.29) is 5.91 Å². The van der Waals surface area contributed by atoms with E-state index in [1.807, 2.05) is 0 Å². The first kappa shape index (κ1) is 10.9. The van der Waals surface area contributed by atoms with Crippen molar-refractivity contribution in [2.75, 3.05) is 13.7 Å². The smallest absolute Gasteiger partial charge is 0.226 e. The first-order valence-corrected chi connectivity index (χ1v) is 3.62. The number of hydrogen-bond donors (Lipinski definition) is 2. The lowest BCUT2D eigenvalue weighted by atomic mass is 9.96. The van der Waals surface area contributed by atoms with E-state index in [0.29, 0.717) is 0 Å². The minimum absolute atomic E-state index is 0.384. The Labute approximate surface area is 70.4 Å². The SMILES string of the molecule is CNC(=O)C(CF)C(C)C=NO. The molecule has 4 nitrogen and oxygen atoms in total. The van der Waals surface area contributed by atoms with Crippen LogP contribution in [0.25, 0.3) is 0 Å². The summed E-state index contributed by atoms with van der Waals surface area (Å²) in [6.45, 7) is 0.853. The van der Waals surface area contributed by atoms with E-state index in [1.54, 1.807) is 6.92 Å². The number of halogens is 1. The highest BCUT2D eigenvalue weighted by molar-refractivity contribution is 5.82.